The Bertz CT molecular complexity index is 126. The predicted molar refractivity (Wildman–Crippen MR) is 29.7 cm³/mol. The summed E-state index contributed by atoms with van der Waals surface area (Å²) in [6.07, 6.45) is -2.33. The van der Waals surface area contributed by atoms with Crippen molar-refractivity contribution in [3.63, 3.8) is 0 Å². The summed E-state index contributed by atoms with van der Waals surface area (Å²) in [6.45, 7) is 0. The molecular formula is C5H4O3S-2. The van der Waals surface area contributed by atoms with Gasteiger partial charge in [0.05, 0.1) is 0 Å². The number of rotatable bonds is 0. The quantitative estimate of drug-likeness (QED) is 0.483. The zero-order valence-corrected chi connectivity index (χ0v) is 5.26. The van der Waals surface area contributed by atoms with Crippen LogP contribution in [-0.4, -0.2) is 6.16 Å². The molecule has 0 fully saturated rings. The Morgan fingerprint density at radius 3 is 1.67 bits per heavy atom. The molecule has 1 heterocycles. The van der Waals surface area contributed by atoms with Gasteiger partial charge < -0.3 is 15.0 Å². The zero-order valence-electron chi connectivity index (χ0n) is 4.44. The van der Waals surface area contributed by atoms with Gasteiger partial charge in [0.15, 0.2) is 0 Å². The Labute approximate surface area is 56.2 Å². The van der Waals surface area contributed by atoms with Gasteiger partial charge in [-0.1, -0.05) is 12.1 Å². The molecule has 0 unspecified atom stereocenters. The Morgan fingerprint density at radius 2 is 1.56 bits per heavy atom. The molecule has 0 saturated heterocycles. The van der Waals surface area contributed by atoms with Crippen molar-refractivity contribution in [2.24, 2.45) is 0 Å². The van der Waals surface area contributed by atoms with E-state index >= 15 is 0 Å². The molecule has 0 aliphatic carbocycles. The summed E-state index contributed by atoms with van der Waals surface area (Å²) in [6, 6.07) is 4.04. The van der Waals surface area contributed by atoms with Gasteiger partial charge in [-0.25, -0.2) is 0 Å². The third-order valence-corrected chi connectivity index (χ3v) is 1.05. The summed E-state index contributed by atoms with van der Waals surface area (Å²) in [5.41, 5.74) is 0. The van der Waals surface area contributed by atoms with E-state index in [9.17, 15) is 0 Å². The molecule has 50 valence electrons. The Hall–Kier alpha value is -1.03. The largest absolute Gasteiger partial charge is 0.652 e. The van der Waals surface area contributed by atoms with Crippen LogP contribution < -0.4 is 10.2 Å². The molecule has 9 heavy (non-hydrogen) atoms. The summed E-state index contributed by atoms with van der Waals surface area (Å²) in [5, 5.41) is 20.8. The molecule has 0 aromatic carbocycles. The number of thiophene rings is 1. The molecule has 0 bridgehead atoms. The zero-order chi connectivity index (χ0) is 7.11. The molecule has 0 saturated carbocycles. The van der Waals surface area contributed by atoms with E-state index in [-0.39, 0.29) is 0 Å². The van der Waals surface area contributed by atoms with Gasteiger partial charge in [0.2, 0.25) is 0 Å². The summed E-state index contributed by atoms with van der Waals surface area (Å²) in [7, 11) is 0. The van der Waals surface area contributed by atoms with Crippen molar-refractivity contribution < 1.29 is 15.0 Å². The monoisotopic (exact) mass is 144 g/mol. The lowest BCUT2D eigenvalue weighted by molar-refractivity contribution is -0.415. The third kappa shape index (κ3) is 10.9. The average molecular weight is 144 g/mol. The van der Waals surface area contributed by atoms with Crippen molar-refractivity contribution in [1.82, 2.24) is 0 Å². The molecule has 0 N–H and O–H groups in total. The molecule has 0 radical (unpaired) electrons. The average Bonchev–Trinajstić information content (AvgIpc) is 2.11. The molecule has 1 aromatic heterocycles. The van der Waals surface area contributed by atoms with E-state index in [1.807, 2.05) is 22.9 Å². The van der Waals surface area contributed by atoms with Gasteiger partial charge >= 0.3 is 0 Å². The summed E-state index contributed by atoms with van der Waals surface area (Å²) >= 11 is 1.71. The Morgan fingerprint density at radius 1 is 1.22 bits per heavy atom. The van der Waals surface area contributed by atoms with E-state index < -0.39 is 6.16 Å². The van der Waals surface area contributed by atoms with Crippen LogP contribution >= 0.6 is 11.3 Å². The Kier molecular flexibility index (Phi) is 4.53. The van der Waals surface area contributed by atoms with Crippen LogP contribution in [0.15, 0.2) is 22.9 Å². The minimum absolute atomic E-state index is 1.71. The van der Waals surface area contributed by atoms with Crippen LogP contribution in [0.1, 0.15) is 0 Å². The highest BCUT2D eigenvalue weighted by Gasteiger charge is 1.58. The van der Waals surface area contributed by atoms with Crippen molar-refractivity contribution in [2.75, 3.05) is 0 Å². The summed E-state index contributed by atoms with van der Waals surface area (Å²) in [5.74, 6) is 0. The SMILES string of the molecule is O=C([O-])[O-].c1ccsc1. The molecule has 1 aromatic rings. The van der Waals surface area contributed by atoms with Gasteiger partial charge in [-0.3, -0.25) is 0 Å². The maximum absolute atomic E-state index is 8.33. The maximum atomic E-state index is 8.33. The normalized spacial score (nSPS) is 7.11. The van der Waals surface area contributed by atoms with Crippen LogP contribution in [-0.2, 0) is 0 Å². The van der Waals surface area contributed by atoms with Gasteiger partial charge in [-0.05, 0) is 16.9 Å². The molecule has 0 aliphatic heterocycles. The topological polar surface area (TPSA) is 63.2 Å². The van der Waals surface area contributed by atoms with E-state index in [0.29, 0.717) is 0 Å². The number of hydrogen-bond acceptors (Lipinski definition) is 4. The first kappa shape index (κ1) is 7.97. The maximum Gasteiger partial charge on any atom is -0.00934 e. The van der Waals surface area contributed by atoms with Crippen molar-refractivity contribution in [3.05, 3.63) is 22.9 Å². The molecule has 0 spiro atoms. The lowest BCUT2D eigenvalue weighted by Gasteiger charge is -1.96. The van der Waals surface area contributed by atoms with Gasteiger partial charge in [0.25, 0.3) is 0 Å². The number of hydrogen-bond donors (Lipinski definition) is 0. The Balaban J connectivity index is 0.000000148. The lowest BCUT2D eigenvalue weighted by atomic mass is 10.7. The molecule has 0 amide bonds. The fraction of sp³-hybridized carbons (Fsp3) is 0. The fourth-order valence-electron chi connectivity index (χ4n) is 0.227. The lowest BCUT2D eigenvalue weighted by Crippen LogP contribution is -2.37. The van der Waals surface area contributed by atoms with Crippen molar-refractivity contribution >= 4 is 17.5 Å². The van der Waals surface area contributed by atoms with Crippen molar-refractivity contribution in [3.8, 4) is 0 Å². The summed E-state index contributed by atoms with van der Waals surface area (Å²) < 4.78 is 0. The molecule has 0 atom stereocenters. The molecular weight excluding hydrogens is 140 g/mol. The number of carbonyl (C=O) groups is 1. The second-order valence-electron chi connectivity index (χ2n) is 1.04. The highest BCUT2D eigenvalue weighted by molar-refractivity contribution is 7.07. The number of carboxylic acid groups (broad SMARTS) is 2. The van der Waals surface area contributed by atoms with Crippen LogP contribution in [0.2, 0.25) is 0 Å². The van der Waals surface area contributed by atoms with Crippen molar-refractivity contribution in [1.29, 1.82) is 0 Å². The smallest absolute Gasteiger partial charge is 0.00934 e. The number of carbonyl (C=O) groups excluding carboxylic acids is 1. The second-order valence-corrected chi connectivity index (χ2v) is 1.86. The van der Waals surface area contributed by atoms with Crippen LogP contribution in [0.4, 0.5) is 4.79 Å². The van der Waals surface area contributed by atoms with Crippen molar-refractivity contribution in [2.45, 2.75) is 0 Å². The van der Waals surface area contributed by atoms with Gasteiger partial charge in [-0.2, -0.15) is 11.3 Å². The van der Waals surface area contributed by atoms with Gasteiger partial charge in [0, 0.05) is 0 Å². The van der Waals surface area contributed by atoms with E-state index in [1.165, 1.54) is 0 Å². The highest BCUT2D eigenvalue weighted by atomic mass is 32.1. The third-order valence-electron chi connectivity index (χ3n) is 0.425. The van der Waals surface area contributed by atoms with Crippen LogP contribution in [0.5, 0.6) is 0 Å². The second kappa shape index (κ2) is 5.11. The first-order chi connectivity index (χ1) is 4.23. The van der Waals surface area contributed by atoms with Gasteiger partial charge in [-0.15, -0.1) is 0 Å². The van der Waals surface area contributed by atoms with E-state index in [1.54, 1.807) is 11.3 Å². The minimum atomic E-state index is -2.33. The van der Waals surface area contributed by atoms with E-state index in [0.717, 1.165) is 0 Å². The van der Waals surface area contributed by atoms with Crippen LogP contribution in [0, 0.1) is 0 Å². The van der Waals surface area contributed by atoms with Gasteiger partial charge in [0.1, 0.15) is 0 Å². The van der Waals surface area contributed by atoms with Crippen LogP contribution in [0.3, 0.4) is 0 Å². The molecule has 0 aliphatic rings. The first-order valence-corrected chi connectivity index (χ1v) is 3.03. The first-order valence-electron chi connectivity index (χ1n) is 2.08. The fourth-order valence-corrected chi connectivity index (χ4v) is 0.680. The van der Waals surface area contributed by atoms with E-state index in [2.05, 4.69) is 0 Å². The summed E-state index contributed by atoms with van der Waals surface area (Å²) in [4.78, 5) is 8.33. The van der Waals surface area contributed by atoms with Crippen LogP contribution in [0.25, 0.3) is 0 Å². The van der Waals surface area contributed by atoms with E-state index in [4.69, 9.17) is 15.0 Å². The molecule has 3 nitrogen and oxygen atoms in total. The molecule has 1 rings (SSSR count). The molecule has 4 heteroatoms. The predicted octanol–water partition coefficient (Wildman–Crippen LogP) is -0.699. The highest BCUT2D eigenvalue weighted by Crippen LogP contribution is 1.91. The standard InChI is InChI=1S/C4H4S.CH2O3/c1-2-4-5-3-1;2-1(3)4/h1-4H;(H2,2,3,4)/p-2. The minimum Gasteiger partial charge on any atom is -0.652 e.